The molecule has 0 bridgehead atoms. The molecule has 1 N–H and O–H groups in total. The van der Waals surface area contributed by atoms with E-state index in [4.69, 9.17) is 5.11 Å². The van der Waals surface area contributed by atoms with Crippen molar-refractivity contribution in [1.82, 2.24) is 4.90 Å². The zero-order chi connectivity index (χ0) is 13.0. The zero-order valence-electron chi connectivity index (χ0n) is 9.87. The molecule has 4 nitrogen and oxygen atoms in total. The van der Waals surface area contributed by atoms with E-state index in [1.807, 2.05) is 21.7 Å². The molecule has 1 saturated carbocycles. The molecule has 1 aliphatic rings. The summed E-state index contributed by atoms with van der Waals surface area (Å²) >= 11 is 2.79. The van der Waals surface area contributed by atoms with Gasteiger partial charge in [0.25, 0.3) is 0 Å². The topological polar surface area (TPSA) is 57.6 Å². The summed E-state index contributed by atoms with van der Waals surface area (Å²) < 4.78 is 0. The number of thiophene rings is 1. The minimum Gasteiger partial charge on any atom is -0.481 e. The van der Waals surface area contributed by atoms with Crippen molar-refractivity contribution in [2.24, 2.45) is 0 Å². The number of amides is 1. The molecular formula is C12H15NO3S2. The molecule has 1 aliphatic carbocycles. The minimum absolute atomic E-state index is 0.0112. The number of carboxylic acid groups (broad SMARTS) is 1. The molecule has 0 aromatic carbocycles. The van der Waals surface area contributed by atoms with Crippen molar-refractivity contribution in [3.63, 3.8) is 0 Å². The molecule has 6 heteroatoms. The van der Waals surface area contributed by atoms with Crippen LogP contribution in [0.15, 0.2) is 16.8 Å². The van der Waals surface area contributed by atoms with Crippen LogP contribution in [0.1, 0.15) is 18.4 Å². The first-order valence-electron chi connectivity index (χ1n) is 5.77. The van der Waals surface area contributed by atoms with Gasteiger partial charge in [0.1, 0.15) is 0 Å². The van der Waals surface area contributed by atoms with Crippen molar-refractivity contribution in [1.29, 1.82) is 0 Å². The van der Waals surface area contributed by atoms with Crippen LogP contribution in [0, 0.1) is 0 Å². The highest BCUT2D eigenvalue weighted by molar-refractivity contribution is 8.00. The van der Waals surface area contributed by atoms with Crippen LogP contribution in [0.5, 0.6) is 0 Å². The first kappa shape index (κ1) is 13.4. The van der Waals surface area contributed by atoms with E-state index in [9.17, 15) is 9.59 Å². The fourth-order valence-electron chi connectivity index (χ4n) is 1.69. The molecule has 1 heterocycles. The Balaban J connectivity index is 1.85. The average molecular weight is 285 g/mol. The molecule has 1 fully saturated rings. The van der Waals surface area contributed by atoms with Crippen LogP contribution in [0.2, 0.25) is 0 Å². The summed E-state index contributed by atoms with van der Waals surface area (Å²) in [6, 6.07) is 2.39. The van der Waals surface area contributed by atoms with Crippen LogP contribution in [0.25, 0.3) is 0 Å². The third-order valence-corrected chi connectivity index (χ3v) is 4.33. The highest BCUT2D eigenvalue weighted by Crippen LogP contribution is 2.29. The SMILES string of the molecule is O=C(O)CSCC(=O)N(Cc1ccsc1)C1CC1. The van der Waals surface area contributed by atoms with Gasteiger partial charge in [-0.3, -0.25) is 9.59 Å². The van der Waals surface area contributed by atoms with Gasteiger partial charge in [-0.05, 0) is 35.2 Å². The van der Waals surface area contributed by atoms with Gasteiger partial charge in [-0.2, -0.15) is 11.3 Å². The Morgan fingerprint density at radius 1 is 1.44 bits per heavy atom. The first-order chi connectivity index (χ1) is 8.66. The lowest BCUT2D eigenvalue weighted by molar-refractivity contribution is -0.133. The highest BCUT2D eigenvalue weighted by Gasteiger charge is 2.32. The molecule has 98 valence electrons. The summed E-state index contributed by atoms with van der Waals surface area (Å²) in [7, 11) is 0. The predicted octanol–water partition coefficient (Wildman–Crippen LogP) is 2.06. The molecule has 0 radical (unpaired) electrons. The number of thioether (sulfide) groups is 1. The van der Waals surface area contributed by atoms with Gasteiger partial charge < -0.3 is 10.0 Å². The van der Waals surface area contributed by atoms with Crippen molar-refractivity contribution >= 4 is 35.0 Å². The van der Waals surface area contributed by atoms with E-state index < -0.39 is 5.97 Å². The normalized spacial score (nSPS) is 14.4. The predicted molar refractivity (Wildman–Crippen MR) is 72.9 cm³/mol. The Bertz CT molecular complexity index is 415. The lowest BCUT2D eigenvalue weighted by Gasteiger charge is -2.21. The molecule has 0 saturated heterocycles. The average Bonchev–Trinajstić information content (AvgIpc) is 3.02. The van der Waals surface area contributed by atoms with E-state index in [1.54, 1.807) is 11.3 Å². The largest absolute Gasteiger partial charge is 0.481 e. The maximum atomic E-state index is 12.0. The van der Waals surface area contributed by atoms with Gasteiger partial charge in [0.2, 0.25) is 5.91 Å². The molecule has 1 aromatic heterocycles. The van der Waals surface area contributed by atoms with Crippen LogP contribution < -0.4 is 0 Å². The van der Waals surface area contributed by atoms with E-state index in [2.05, 4.69) is 0 Å². The summed E-state index contributed by atoms with van der Waals surface area (Å²) in [5, 5.41) is 12.6. The van der Waals surface area contributed by atoms with E-state index in [1.165, 1.54) is 11.8 Å². The van der Waals surface area contributed by atoms with Crippen molar-refractivity contribution in [3.05, 3.63) is 22.4 Å². The third-order valence-electron chi connectivity index (χ3n) is 2.69. The van der Waals surface area contributed by atoms with E-state index >= 15 is 0 Å². The monoisotopic (exact) mass is 285 g/mol. The summed E-state index contributed by atoms with van der Waals surface area (Å²) in [5.41, 5.74) is 1.16. The second kappa shape index (κ2) is 6.24. The summed E-state index contributed by atoms with van der Waals surface area (Å²) in [6.07, 6.45) is 2.14. The number of carbonyl (C=O) groups excluding carboxylic acids is 1. The van der Waals surface area contributed by atoms with E-state index in [0.29, 0.717) is 12.6 Å². The van der Waals surface area contributed by atoms with Crippen LogP contribution in [0.3, 0.4) is 0 Å². The van der Waals surface area contributed by atoms with Crippen LogP contribution in [0.4, 0.5) is 0 Å². The Labute approximate surface area is 114 Å². The van der Waals surface area contributed by atoms with Crippen molar-refractivity contribution < 1.29 is 14.7 Å². The van der Waals surface area contributed by atoms with Crippen LogP contribution >= 0.6 is 23.1 Å². The summed E-state index contributed by atoms with van der Waals surface area (Å²) in [6.45, 7) is 0.653. The molecule has 0 aliphatic heterocycles. The van der Waals surface area contributed by atoms with Crippen molar-refractivity contribution in [2.45, 2.75) is 25.4 Å². The van der Waals surface area contributed by atoms with Gasteiger partial charge in [0.05, 0.1) is 11.5 Å². The smallest absolute Gasteiger partial charge is 0.313 e. The molecule has 0 spiro atoms. The van der Waals surface area contributed by atoms with Gasteiger partial charge in [0, 0.05) is 12.6 Å². The van der Waals surface area contributed by atoms with Crippen molar-refractivity contribution in [2.75, 3.05) is 11.5 Å². The third kappa shape index (κ3) is 4.03. The summed E-state index contributed by atoms with van der Waals surface area (Å²) in [4.78, 5) is 24.3. The number of hydrogen-bond donors (Lipinski definition) is 1. The number of nitrogens with zero attached hydrogens (tertiary/aromatic N) is 1. The lowest BCUT2D eigenvalue weighted by atomic mass is 10.3. The molecule has 2 rings (SSSR count). The first-order valence-corrected chi connectivity index (χ1v) is 7.86. The minimum atomic E-state index is -0.872. The van der Waals surface area contributed by atoms with Gasteiger partial charge in [-0.25, -0.2) is 0 Å². The number of aliphatic carboxylic acids is 1. The quantitative estimate of drug-likeness (QED) is 0.833. The number of carboxylic acids is 1. The highest BCUT2D eigenvalue weighted by atomic mass is 32.2. The van der Waals surface area contributed by atoms with Gasteiger partial charge in [-0.15, -0.1) is 11.8 Å². The maximum absolute atomic E-state index is 12.0. The molecule has 1 aromatic rings. The Morgan fingerprint density at radius 3 is 2.78 bits per heavy atom. The van der Waals surface area contributed by atoms with E-state index in [0.717, 1.165) is 18.4 Å². The fourth-order valence-corrected chi connectivity index (χ4v) is 2.97. The molecule has 1 amide bonds. The van der Waals surface area contributed by atoms with Gasteiger partial charge in [-0.1, -0.05) is 0 Å². The Kier molecular flexibility index (Phi) is 4.66. The summed E-state index contributed by atoms with van der Waals surface area (Å²) in [5.74, 6) is -0.575. The standard InChI is InChI=1S/C12H15NO3S2/c14-11(7-18-8-12(15)16)13(10-1-2-10)5-9-3-4-17-6-9/h3-4,6,10H,1-2,5,7-8H2,(H,15,16). The van der Waals surface area contributed by atoms with Crippen molar-refractivity contribution in [3.8, 4) is 0 Å². The second-order valence-electron chi connectivity index (χ2n) is 4.27. The Morgan fingerprint density at radius 2 is 2.22 bits per heavy atom. The van der Waals surface area contributed by atoms with Crippen LogP contribution in [-0.4, -0.2) is 39.4 Å². The lowest BCUT2D eigenvalue weighted by Crippen LogP contribution is -2.34. The second-order valence-corrected chi connectivity index (χ2v) is 6.04. The molecule has 18 heavy (non-hydrogen) atoms. The molecule has 0 atom stereocenters. The number of rotatable bonds is 7. The fraction of sp³-hybridized carbons (Fsp3) is 0.500. The number of carbonyl (C=O) groups is 2. The number of hydrogen-bond acceptors (Lipinski definition) is 4. The maximum Gasteiger partial charge on any atom is 0.313 e. The van der Waals surface area contributed by atoms with Crippen LogP contribution in [-0.2, 0) is 16.1 Å². The molecule has 0 unspecified atom stereocenters. The Hall–Kier alpha value is -1.01. The van der Waals surface area contributed by atoms with Gasteiger partial charge >= 0.3 is 5.97 Å². The van der Waals surface area contributed by atoms with E-state index in [-0.39, 0.29) is 17.4 Å². The van der Waals surface area contributed by atoms with Gasteiger partial charge in [0.15, 0.2) is 0 Å². The molecular weight excluding hydrogens is 270 g/mol. The zero-order valence-corrected chi connectivity index (χ0v) is 11.5.